The molecular formula is C14H27IN4S. The van der Waals surface area contributed by atoms with Gasteiger partial charge < -0.3 is 10.6 Å². The molecule has 0 aliphatic carbocycles. The minimum absolute atomic E-state index is 0. The highest BCUT2D eigenvalue weighted by molar-refractivity contribution is 14.0. The minimum Gasteiger partial charge on any atom is -0.356 e. The van der Waals surface area contributed by atoms with E-state index < -0.39 is 0 Å². The van der Waals surface area contributed by atoms with Crippen LogP contribution in [0, 0.1) is 6.92 Å². The second kappa shape index (κ2) is 11.3. The normalized spacial score (nSPS) is 12.7. The molecule has 1 aromatic heterocycles. The Labute approximate surface area is 143 Å². The smallest absolute Gasteiger partial charge is 0.191 e. The number of thiazole rings is 1. The lowest BCUT2D eigenvalue weighted by Gasteiger charge is -2.16. The number of aliphatic imine (C=N–C) groups is 1. The highest BCUT2D eigenvalue weighted by Gasteiger charge is 2.02. The van der Waals surface area contributed by atoms with Crippen LogP contribution in [0.4, 0.5) is 0 Å². The fraction of sp³-hybridized carbons (Fsp3) is 0.714. The average molecular weight is 410 g/mol. The summed E-state index contributed by atoms with van der Waals surface area (Å²) in [5.41, 5.74) is 1.14. The zero-order valence-corrected chi connectivity index (χ0v) is 16.0. The summed E-state index contributed by atoms with van der Waals surface area (Å²) in [4.78, 5) is 8.69. The van der Waals surface area contributed by atoms with E-state index in [0.29, 0.717) is 6.04 Å². The van der Waals surface area contributed by atoms with Crippen molar-refractivity contribution >= 4 is 41.3 Å². The Morgan fingerprint density at radius 3 is 2.75 bits per heavy atom. The summed E-state index contributed by atoms with van der Waals surface area (Å²) in [7, 11) is 1.82. The third-order valence-corrected chi connectivity index (χ3v) is 4.02. The van der Waals surface area contributed by atoms with E-state index in [4.69, 9.17) is 0 Å². The fourth-order valence-electron chi connectivity index (χ4n) is 1.66. The van der Waals surface area contributed by atoms with Crippen LogP contribution in [0.2, 0.25) is 0 Å². The molecule has 20 heavy (non-hydrogen) atoms. The average Bonchev–Trinajstić information content (AvgIpc) is 2.82. The molecule has 0 aliphatic rings. The molecule has 0 aliphatic heterocycles. The first-order chi connectivity index (χ1) is 9.15. The van der Waals surface area contributed by atoms with Crippen molar-refractivity contribution in [2.75, 3.05) is 13.6 Å². The van der Waals surface area contributed by atoms with Crippen LogP contribution in [0.5, 0.6) is 0 Å². The number of nitrogens with zero attached hydrogens (tertiary/aromatic N) is 2. The van der Waals surface area contributed by atoms with Crippen molar-refractivity contribution in [3.8, 4) is 0 Å². The number of guanidine groups is 1. The fourth-order valence-corrected chi connectivity index (χ4v) is 2.47. The van der Waals surface area contributed by atoms with Crippen LogP contribution in [0.25, 0.3) is 0 Å². The summed E-state index contributed by atoms with van der Waals surface area (Å²) in [6.45, 7) is 7.34. The maximum absolute atomic E-state index is 4.47. The Bertz CT molecular complexity index is 392. The van der Waals surface area contributed by atoms with Crippen LogP contribution in [0.1, 0.15) is 43.8 Å². The Morgan fingerprint density at radius 1 is 1.45 bits per heavy atom. The van der Waals surface area contributed by atoms with Gasteiger partial charge in [-0.15, -0.1) is 35.3 Å². The quantitative estimate of drug-likeness (QED) is 0.314. The summed E-state index contributed by atoms with van der Waals surface area (Å²) in [6, 6.07) is 0.462. The Hall–Kier alpha value is -0.370. The van der Waals surface area contributed by atoms with Crippen LogP contribution in [0.3, 0.4) is 0 Å². The van der Waals surface area contributed by atoms with Gasteiger partial charge in [-0.25, -0.2) is 4.98 Å². The van der Waals surface area contributed by atoms with Gasteiger partial charge in [-0.3, -0.25) is 4.99 Å². The lowest BCUT2D eigenvalue weighted by Crippen LogP contribution is -2.42. The summed E-state index contributed by atoms with van der Waals surface area (Å²) < 4.78 is 0. The number of rotatable bonds is 7. The first-order valence-corrected chi connectivity index (χ1v) is 7.91. The predicted molar refractivity (Wildman–Crippen MR) is 99.5 cm³/mol. The number of hydrogen-bond donors (Lipinski definition) is 2. The van der Waals surface area contributed by atoms with Crippen molar-refractivity contribution in [3.63, 3.8) is 0 Å². The van der Waals surface area contributed by atoms with Crippen LogP contribution in [0.15, 0.2) is 10.4 Å². The van der Waals surface area contributed by atoms with E-state index in [9.17, 15) is 0 Å². The molecule has 0 saturated heterocycles. The van der Waals surface area contributed by atoms with Crippen molar-refractivity contribution in [2.24, 2.45) is 4.99 Å². The molecule has 0 amide bonds. The molecular weight excluding hydrogens is 383 g/mol. The van der Waals surface area contributed by atoms with Gasteiger partial charge in [-0.2, -0.15) is 0 Å². The summed E-state index contributed by atoms with van der Waals surface area (Å²) >= 11 is 1.76. The molecule has 0 radical (unpaired) electrons. The van der Waals surface area contributed by atoms with Gasteiger partial charge in [-0.05, 0) is 39.5 Å². The van der Waals surface area contributed by atoms with Crippen molar-refractivity contribution < 1.29 is 0 Å². The first-order valence-electron chi connectivity index (χ1n) is 7.04. The zero-order valence-electron chi connectivity index (χ0n) is 12.9. The molecule has 0 bridgehead atoms. The number of unbranched alkanes of at least 4 members (excludes halogenated alkanes) is 1. The second-order valence-electron chi connectivity index (χ2n) is 4.79. The van der Waals surface area contributed by atoms with Gasteiger partial charge in [0.25, 0.3) is 0 Å². The predicted octanol–water partition coefficient (Wildman–Crippen LogP) is 3.36. The SMILES string of the molecule is CCC(C)NC(=NC)NCCCCc1nc(C)cs1.I. The van der Waals surface area contributed by atoms with E-state index in [1.807, 2.05) is 14.0 Å². The molecule has 1 unspecified atom stereocenters. The Kier molecular flexibility index (Phi) is 11.1. The minimum atomic E-state index is 0. The third-order valence-electron chi connectivity index (χ3n) is 3.00. The maximum atomic E-state index is 4.47. The highest BCUT2D eigenvalue weighted by Crippen LogP contribution is 2.11. The summed E-state index contributed by atoms with van der Waals surface area (Å²) in [5, 5.41) is 10.1. The maximum Gasteiger partial charge on any atom is 0.191 e. The van der Waals surface area contributed by atoms with Gasteiger partial charge >= 0.3 is 0 Å². The largest absolute Gasteiger partial charge is 0.356 e. The van der Waals surface area contributed by atoms with Gasteiger partial charge in [0.2, 0.25) is 0 Å². The topological polar surface area (TPSA) is 49.3 Å². The van der Waals surface area contributed by atoms with E-state index in [1.165, 1.54) is 11.4 Å². The molecule has 2 N–H and O–H groups in total. The lowest BCUT2D eigenvalue weighted by molar-refractivity contribution is 0.616. The van der Waals surface area contributed by atoms with Gasteiger partial charge in [0.05, 0.1) is 5.01 Å². The molecule has 0 spiro atoms. The Morgan fingerprint density at radius 2 is 2.20 bits per heavy atom. The number of nitrogens with one attached hydrogen (secondary N) is 2. The number of hydrogen-bond acceptors (Lipinski definition) is 3. The number of halogens is 1. The van der Waals surface area contributed by atoms with Crippen LogP contribution in [-0.2, 0) is 6.42 Å². The van der Waals surface area contributed by atoms with E-state index in [2.05, 4.69) is 39.8 Å². The van der Waals surface area contributed by atoms with Crippen molar-refractivity contribution in [2.45, 2.75) is 52.5 Å². The van der Waals surface area contributed by atoms with Crippen molar-refractivity contribution in [1.29, 1.82) is 0 Å². The Balaban J connectivity index is 0.00000361. The number of aromatic nitrogens is 1. The zero-order chi connectivity index (χ0) is 14.1. The van der Waals surface area contributed by atoms with E-state index >= 15 is 0 Å². The third kappa shape index (κ3) is 8.04. The molecule has 1 aromatic rings. The van der Waals surface area contributed by atoms with Gasteiger partial charge in [0.1, 0.15) is 0 Å². The molecule has 1 atom stereocenters. The summed E-state index contributed by atoms with van der Waals surface area (Å²) in [5.74, 6) is 0.902. The molecule has 0 aromatic carbocycles. The van der Waals surface area contributed by atoms with E-state index in [1.54, 1.807) is 11.3 Å². The first kappa shape index (κ1) is 19.6. The molecule has 0 fully saturated rings. The lowest BCUT2D eigenvalue weighted by atomic mass is 10.2. The van der Waals surface area contributed by atoms with Crippen LogP contribution < -0.4 is 10.6 Å². The van der Waals surface area contributed by atoms with Crippen LogP contribution in [-0.4, -0.2) is 30.6 Å². The van der Waals surface area contributed by atoms with Gasteiger partial charge in [-0.1, -0.05) is 6.92 Å². The molecule has 1 heterocycles. The molecule has 1 rings (SSSR count). The number of aryl methyl sites for hydroxylation is 2. The van der Waals surface area contributed by atoms with Gasteiger partial charge in [0.15, 0.2) is 5.96 Å². The van der Waals surface area contributed by atoms with Gasteiger partial charge in [0, 0.05) is 30.7 Å². The molecule has 4 nitrogen and oxygen atoms in total. The monoisotopic (exact) mass is 410 g/mol. The van der Waals surface area contributed by atoms with Crippen molar-refractivity contribution in [1.82, 2.24) is 15.6 Å². The van der Waals surface area contributed by atoms with E-state index in [0.717, 1.165) is 37.5 Å². The van der Waals surface area contributed by atoms with Crippen molar-refractivity contribution in [3.05, 3.63) is 16.1 Å². The standard InChI is InChI=1S/C14H26N4S.HI/c1-5-11(2)18-14(15-4)16-9-7-6-8-13-17-12(3)10-19-13;/h10-11H,5-9H2,1-4H3,(H2,15,16,18);1H. The molecule has 116 valence electrons. The molecule has 0 saturated carbocycles. The van der Waals surface area contributed by atoms with Crippen LogP contribution >= 0.6 is 35.3 Å². The second-order valence-corrected chi connectivity index (χ2v) is 5.74. The highest BCUT2D eigenvalue weighted by atomic mass is 127. The molecule has 6 heteroatoms. The summed E-state index contributed by atoms with van der Waals surface area (Å²) in [6.07, 6.45) is 4.49. The van der Waals surface area contributed by atoms with E-state index in [-0.39, 0.29) is 24.0 Å².